The predicted octanol–water partition coefficient (Wildman–Crippen LogP) is 1.95. The molecule has 0 aromatic carbocycles. The van der Waals surface area contributed by atoms with Crippen molar-refractivity contribution in [3.05, 3.63) is 24.4 Å². The van der Waals surface area contributed by atoms with Gasteiger partial charge in [0.2, 0.25) is 0 Å². The summed E-state index contributed by atoms with van der Waals surface area (Å²) in [6.45, 7) is 2.82. The molecule has 0 unspecified atom stereocenters. The molecule has 1 amide bonds. The number of nitrogens with zero attached hydrogens (tertiary/aromatic N) is 1. The third-order valence-corrected chi connectivity index (χ3v) is 1.32. The average molecular weight is 190 g/mol. The van der Waals surface area contributed by atoms with Crippen molar-refractivity contribution in [3.63, 3.8) is 0 Å². The van der Waals surface area contributed by atoms with E-state index in [9.17, 15) is 4.79 Å². The van der Waals surface area contributed by atoms with Crippen molar-refractivity contribution in [1.82, 2.24) is 4.90 Å². The summed E-state index contributed by atoms with van der Waals surface area (Å²) < 4.78 is 4.78. The summed E-state index contributed by atoms with van der Waals surface area (Å²) >= 11 is 0. The standard InChI is InChI=1S/C8H11NO2.ClH/c1-2-11-8(10)9-6-4-3-5-7-9;/h3-6H,2,7H2,1H3;1H. The molecule has 0 saturated carbocycles. The van der Waals surface area contributed by atoms with E-state index >= 15 is 0 Å². The highest BCUT2D eigenvalue weighted by molar-refractivity contribution is 5.85. The number of carbonyl (C=O) groups excluding carboxylic acids is 1. The first-order chi connectivity index (χ1) is 5.34. The Balaban J connectivity index is 0.00000121. The van der Waals surface area contributed by atoms with Crippen molar-refractivity contribution in [2.24, 2.45) is 0 Å². The smallest absolute Gasteiger partial charge is 0.414 e. The average Bonchev–Trinajstić information content (AvgIpc) is 2.07. The highest BCUT2D eigenvalue weighted by atomic mass is 35.5. The maximum atomic E-state index is 11.0. The maximum Gasteiger partial charge on any atom is 0.414 e. The van der Waals surface area contributed by atoms with Crippen molar-refractivity contribution in [2.75, 3.05) is 13.2 Å². The fourth-order valence-corrected chi connectivity index (χ4v) is 0.809. The Morgan fingerprint density at radius 1 is 1.58 bits per heavy atom. The lowest BCUT2D eigenvalue weighted by atomic mass is 10.4. The lowest BCUT2D eigenvalue weighted by Crippen LogP contribution is -2.27. The fraction of sp³-hybridized carbons (Fsp3) is 0.375. The monoisotopic (exact) mass is 189 g/mol. The number of rotatable bonds is 1. The normalized spacial score (nSPS) is 13.9. The zero-order chi connectivity index (χ0) is 8.10. The van der Waals surface area contributed by atoms with Gasteiger partial charge in [0.25, 0.3) is 0 Å². The van der Waals surface area contributed by atoms with Crippen LogP contribution >= 0.6 is 12.4 Å². The fourth-order valence-electron chi connectivity index (χ4n) is 0.809. The van der Waals surface area contributed by atoms with E-state index < -0.39 is 0 Å². The van der Waals surface area contributed by atoms with Crippen molar-refractivity contribution in [1.29, 1.82) is 0 Å². The van der Waals surface area contributed by atoms with Gasteiger partial charge in [-0.15, -0.1) is 12.4 Å². The van der Waals surface area contributed by atoms with E-state index in [0.29, 0.717) is 13.2 Å². The quantitative estimate of drug-likeness (QED) is 0.631. The Labute approximate surface area is 78.1 Å². The molecular weight excluding hydrogens is 178 g/mol. The van der Waals surface area contributed by atoms with E-state index in [-0.39, 0.29) is 18.5 Å². The van der Waals surface area contributed by atoms with Gasteiger partial charge in [-0.3, -0.25) is 4.90 Å². The minimum Gasteiger partial charge on any atom is -0.449 e. The lowest BCUT2D eigenvalue weighted by molar-refractivity contribution is 0.125. The topological polar surface area (TPSA) is 29.5 Å². The van der Waals surface area contributed by atoms with Crippen molar-refractivity contribution >= 4 is 18.5 Å². The molecule has 1 heterocycles. The highest BCUT2D eigenvalue weighted by Crippen LogP contribution is 2.00. The molecule has 0 fully saturated rings. The van der Waals surface area contributed by atoms with Crippen LogP contribution in [0.4, 0.5) is 4.79 Å². The molecule has 1 rings (SSSR count). The van der Waals surface area contributed by atoms with E-state index in [1.807, 2.05) is 12.2 Å². The molecule has 0 spiro atoms. The van der Waals surface area contributed by atoms with Crippen LogP contribution in [0.1, 0.15) is 6.92 Å². The molecular formula is C8H12ClNO2. The van der Waals surface area contributed by atoms with Gasteiger partial charge in [-0.25, -0.2) is 4.79 Å². The van der Waals surface area contributed by atoms with Crippen LogP contribution in [0.15, 0.2) is 24.4 Å². The summed E-state index contributed by atoms with van der Waals surface area (Å²) in [6, 6.07) is 0. The molecule has 0 aromatic heterocycles. The second kappa shape index (κ2) is 5.66. The third kappa shape index (κ3) is 2.96. The molecule has 0 saturated heterocycles. The van der Waals surface area contributed by atoms with Crippen molar-refractivity contribution in [2.45, 2.75) is 6.92 Å². The number of hydrogen-bond acceptors (Lipinski definition) is 2. The van der Waals surface area contributed by atoms with Crippen molar-refractivity contribution < 1.29 is 9.53 Å². The van der Waals surface area contributed by atoms with Gasteiger partial charge in [-0.2, -0.15) is 0 Å². The molecule has 68 valence electrons. The Kier molecular flexibility index (Phi) is 5.21. The molecule has 0 N–H and O–H groups in total. The van der Waals surface area contributed by atoms with Crippen LogP contribution in [0.2, 0.25) is 0 Å². The van der Waals surface area contributed by atoms with E-state index in [2.05, 4.69) is 0 Å². The first kappa shape index (κ1) is 11.0. The molecule has 0 atom stereocenters. The largest absolute Gasteiger partial charge is 0.449 e. The zero-order valence-electron chi connectivity index (χ0n) is 6.90. The van der Waals surface area contributed by atoms with Crippen LogP contribution in [-0.2, 0) is 4.74 Å². The minimum absolute atomic E-state index is 0. The van der Waals surface area contributed by atoms with Crippen LogP contribution in [-0.4, -0.2) is 24.1 Å². The predicted molar refractivity (Wildman–Crippen MR) is 49.3 cm³/mol. The van der Waals surface area contributed by atoms with E-state index in [1.54, 1.807) is 19.2 Å². The summed E-state index contributed by atoms with van der Waals surface area (Å²) in [7, 11) is 0. The van der Waals surface area contributed by atoms with E-state index in [1.165, 1.54) is 4.90 Å². The number of hydrogen-bond donors (Lipinski definition) is 0. The molecule has 1 aliphatic heterocycles. The summed E-state index contributed by atoms with van der Waals surface area (Å²) in [5.41, 5.74) is 0. The molecule has 3 nitrogen and oxygen atoms in total. The molecule has 4 heteroatoms. The van der Waals surface area contributed by atoms with Gasteiger partial charge in [0, 0.05) is 12.7 Å². The van der Waals surface area contributed by atoms with Crippen LogP contribution in [0.25, 0.3) is 0 Å². The van der Waals surface area contributed by atoms with Gasteiger partial charge in [0.1, 0.15) is 0 Å². The molecule has 0 aliphatic carbocycles. The summed E-state index contributed by atoms with van der Waals surface area (Å²) in [4.78, 5) is 12.5. The van der Waals surface area contributed by atoms with Gasteiger partial charge in [0.05, 0.1) is 6.61 Å². The van der Waals surface area contributed by atoms with Gasteiger partial charge in [-0.05, 0) is 13.0 Å². The minimum atomic E-state index is -0.284. The molecule has 0 bridgehead atoms. The number of carbonyl (C=O) groups is 1. The van der Waals surface area contributed by atoms with E-state index in [4.69, 9.17) is 4.74 Å². The van der Waals surface area contributed by atoms with Crippen LogP contribution in [0.5, 0.6) is 0 Å². The summed E-state index contributed by atoms with van der Waals surface area (Å²) in [5, 5.41) is 0. The first-order valence-electron chi connectivity index (χ1n) is 3.61. The van der Waals surface area contributed by atoms with Gasteiger partial charge < -0.3 is 4.74 Å². The lowest BCUT2D eigenvalue weighted by Gasteiger charge is -2.16. The maximum absolute atomic E-state index is 11.0. The summed E-state index contributed by atoms with van der Waals surface area (Å²) in [6.07, 6.45) is 7.03. The van der Waals surface area contributed by atoms with E-state index in [0.717, 1.165) is 0 Å². The number of halogens is 1. The molecule has 0 aromatic rings. The molecule has 1 aliphatic rings. The Morgan fingerprint density at radius 2 is 2.33 bits per heavy atom. The molecule has 12 heavy (non-hydrogen) atoms. The number of ether oxygens (including phenoxy) is 1. The summed E-state index contributed by atoms with van der Waals surface area (Å²) in [5.74, 6) is 0. The Hall–Kier alpha value is -0.960. The second-order valence-corrected chi connectivity index (χ2v) is 2.12. The first-order valence-corrected chi connectivity index (χ1v) is 3.61. The van der Waals surface area contributed by atoms with Crippen LogP contribution < -0.4 is 0 Å². The third-order valence-electron chi connectivity index (χ3n) is 1.32. The highest BCUT2D eigenvalue weighted by Gasteiger charge is 2.09. The van der Waals surface area contributed by atoms with Gasteiger partial charge in [-0.1, -0.05) is 12.2 Å². The Morgan fingerprint density at radius 3 is 2.83 bits per heavy atom. The second-order valence-electron chi connectivity index (χ2n) is 2.12. The zero-order valence-corrected chi connectivity index (χ0v) is 7.71. The Bertz CT molecular complexity index is 201. The van der Waals surface area contributed by atoms with Crippen LogP contribution in [0, 0.1) is 0 Å². The number of allylic oxidation sites excluding steroid dienone is 2. The molecule has 0 radical (unpaired) electrons. The number of amides is 1. The van der Waals surface area contributed by atoms with Crippen molar-refractivity contribution in [3.8, 4) is 0 Å². The van der Waals surface area contributed by atoms with Gasteiger partial charge in [0.15, 0.2) is 0 Å². The van der Waals surface area contributed by atoms with Crippen LogP contribution in [0.3, 0.4) is 0 Å². The van der Waals surface area contributed by atoms with Gasteiger partial charge >= 0.3 is 6.09 Å². The SMILES string of the molecule is CCOC(=O)N1C=CC=CC1.Cl.